The molecule has 2 aromatic carbocycles. The minimum Gasteiger partial charge on any atom is -0.381 e. The third kappa shape index (κ3) is 5.45. The summed E-state index contributed by atoms with van der Waals surface area (Å²) in [5.74, 6) is -3.64. The lowest BCUT2D eigenvalue weighted by Gasteiger charge is -2.38. The van der Waals surface area contributed by atoms with Crippen LogP contribution >= 0.6 is 11.6 Å². The van der Waals surface area contributed by atoms with Gasteiger partial charge in [0, 0.05) is 30.2 Å². The van der Waals surface area contributed by atoms with Crippen LogP contribution in [0.3, 0.4) is 0 Å². The van der Waals surface area contributed by atoms with Crippen LogP contribution in [0.2, 0.25) is 5.02 Å². The molecule has 0 spiro atoms. The first-order valence-corrected chi connectivity index (χ1v) is 11.0. The molecule has 1 saturated heterocycles. The Morgan fingerprint density at radius 2 is 1.72 bits per heavy atom. The number of rotatable bonds is 7. The van der Waals surface area contributed by atoms with Gasteiger partial charge in [-0.05, 0) is 48.6 Å². The lowest BCUT2D eigenvalue weighted by Crippen LogP contribution is -2.53. The van der Waals surface area contributed by atoms with Gasteiger partial charge in [0.1, 0.15) is 23.2 Å². The number of carbonyl (C=O) groups excluding carboxylic acids is 2. The van der Waals surface area contributed by atoms with Gasteiger partial charge in [-0.1, -0.05) is 43.6 Å². The van der Waals surface area contributed by atoms with Gasteiger partial charge in [-0.25, -0.2) is 8.78 Å². The number of nitrogens with one attached hydrogen (secondary N) is 2. The van der Waals surface area contributed by atoms with Gasteiger partial charge in [0.25, 0.3) is 5.91 Å². The summed E-state index contributed by atoms with van der Waals surface area (Å²) in [7, 11) is 0. The average Bonchev–Trinajstić information content (AvgIpc) is 2.76. The fraction of sp³-hybridized carbons (Fsp3) is 0.417. The quantitative estimate of drug-likeness (QED) is 0.644. The second kappa shape index (κ2) is 10.4. The van der Waals surface area contributed by atoms with Crippen LogP contribution in [0.25, 0.3) is 0 Å². The molecule has 8 heteroatoms. The van der Waals surface area contributed by atoms with E-state index in [1.165, 1.54) is 6.07 Å². The molecule has 0 saturated carbocycles. The van der Waals surface area contributed by atoms with Crippen LogP contribution in [0.15, 0.2) is 42.5 Å². The molecule has 0 bridgehead atoms. The molecule has 0 aliphatic carbocycles. The summed E-state index contributed by atoms with van der Waals surface area (Å²) in [5.41, 5.74) is -0.0555. The van der Waals surface area contributed by atoms with E-state index in [1.54, 1.807) is 19.9 Å². The Labute approximate surface area is 191 Å². The van der Waals surface area contributed by atoms with Crippen LogP contribution in [0.5, 0.6) is 0 Å². The molecule has 1 fully saturated rings. The minimum atomic E-state index is -0.979. The first-order valence-electron chi connectivity index (χ1n) is 10.6. The highest BCUT2D eigenvalue weighted by Gasteiger charge is 2.36. The van der Waals surface area contributed by atoms with Crippen LogP contribution in [0, 0.1) is 17.6 Å². The summed E-state index contributed by atoms with van der Waals surface area (Å²) in [5, 5.41) is 6.04. The van der Waals surface area contributed by atoms with E-state index >= 15 is 0 Å². The number of carbonyl (C=O) groups is 2. The smallest absolute Gasteiger partial charge is 0.257 e. The number of halogens is 3. The van der Waals surface area contributed by atoms with E-state index in [0.717, 1.165) is 17.7 Å². The minimum absolute atomic E-state index is 0.300. The number of hydrogen-bond acceptors (Lipinski definition) is 3. The van der Waals surface area contributed by atoms with Crippen molar-refractivity contribution in [2.45, 2.75) is 38.1 Å². The maximum Gasteiger partial charge on any atom is 0.257 e. The average molecular weight is 465 g/mol. The zero-order valence-electron chi connectivity index (χ0n) is 18.1. The maximum atomic E-state index is 14.0. The molecule has 0 radical (unpaired) electrons. The Bertz CT molecular complexity index is 957. The van der Waals surface area contributed by atoms with E-state index in [-0.39, 0.29) is 11.3 Å². The van der Waals surface area contributed by atoms with Crippen LogP contribution < -0.4 is 10.6 Å². The van der Waals surface area contributed by atoms with Gasteiger partial charge >= 0.3 is 0 Å². The standard InChI is InChI=1S/C24H27ClF2N2O3/c1-15(2)21(29-22(30)20-18(26)7-4-8-19(20)27)23(31)28-14-24(9-11-32-12-10-24)16-5-3-6-17(25)13-16/h3-8,13,15,21H,9-12,14H2,1-2H3,(H,28,31)(H,29,30). The SMILES string of the molecule is CC(C)C(NC(=O)c1c(F)cccc1F)C(=O)NCC1(c2cccc(Cl)c2)CCOCC1. The van der Waals surface area contributed by atoms with Crippen molar-refractivity contribution in [3.8, 4) is 0 Å². The number of benzene rings is 2. The highest BCUT2D eigenvalue weighted by Crippen LogP contribution is 2.35. The molecule has 5 nitrogen and oxygen atoms in total. The number of ether oxygens (including phenoxy) is 1. The summed E-state index contributed by atoms with van der Waals surface area (Å²) in [6.45, 7) is 4.94. The van der Waals surface area contributed by atoms with E-state index in [9.17, 15) is 18.4 Å². The molecule has 2 aromatic rings. The van der Waals surface area contributed by atoms with Crippen molar-refractivity contribution in [1.82, 2.24) is 10.6 Å². The lowest BCUT2D eigenvalue weighted by molar-refractivity contribution is -0.124. The largest absolute Gasteiger partial charge is 0.381 e. The molecule has 1 unspecified atom stereocenters. The highest BCUT2D eigenvalue weighted by molar-refractivity contribution is 6.30. The van der Waals surface area contributed by atoms with Gasteiger partial charge in [0.2, 0.25) is 5.91 Å². The van der Waals surface area contributed by atoms with E-state index < -0.39 is 35.1 Å². The van der Waals surface area contributed by atoms with Crippen molar-refractivity contribution >= 4 is 23.4 Å². The van der Waals surface area contributed by atoms with E-state index in [0.29, 0.717) is 37.6 Å². The molecular weight excluding hydrogens is 438 g/mol. The third-order valence-electron chi connectivity index (χ3n) is 5.91. The molecule has 1 atom stereocenters. The van der Waals surface area contributed by atoms with Crippen molar-refractivity contribution in [2.75, 3.05) is 19.8 Å². The van der Waals surface area contributed by atoms with Gasteiger partial charge in [0.05, 0.1) is 0 Å². The summed E-state index contributed by atoms with van der Waals surface area (Å²) in [6, 6.07) is 9.76. The molecule has 3 rings (SSSR count). The first-order chi connectivity index (χ1) is 15.2. The predicted octanol–water partition coefficient (Wildman–Crippen LogP) is 4.24. The van der Waals surface area contributed by atoms with Crippen molar-refractivity contribution in [2.24, 2.45) is 5.92 Å². The monoisotopic (exact) mass is 464 g/mol. The molecule has 2 amide bonds. The molecule has 0 aromatic heterocycles. The Hall–Kier alpha value is -2.51. The van der Waals surface area contributed by atoms with Gasteiger partial charge < -0.3 is 15.4 Å². The molecule has 32 heavy (non-hydrogen) atoms. The molecule has 1 aliphatic heterocycles. The van der Waals surface area contributed by atoms with Crippen LogP contribution in [0.4, 0.5) is 8.78 Å². The molecule has 172 valence electrons. The van der Waals surface area contributed by atoms with Gasteiger partial charge in [-0.2, -0.15) is 0 Å². The Morgan fingerprint density at radius 1 is 1.09 bits per heavy atom. The number of hydrogen-bond donors (Lipinski definition) is 2. The molecule has 2 N–H and O–H groups in total. The fourth-order valence-electron chi connectivity index (χ4n) is 3.98. The predicted molar refractivity (Wildman–Crippen MR) is 119 cm³/mol. The Kier molecular flexibility index (Phi) is 7.85. The third-order valence-corrected chi connectivity index (χ3v) is 6.15. The second-order valence-electron chi connectivity index (χ2n) is 8.41. The molecule has 1 aliphatic rings. The second-order valence-corrected chi connectivity index (χ2v) is 8.85. The van der Waals surface area contributed by atoms with Gasteiger partial charge in [0.15, 0.2) is 0 Å². The van der Waals surface area contributed by atoms with Crippen LogP contribution in [0.1, 0.15) is 42.6 Å². The molecule has 1 heterocycles. The Balaban J connectivity index is 1.76. The summed E-state index contributed by atoms with van der Waals surface area (Å²) >= 11 is 6.19. The normalized spacial score (nSPS) is 16.4. The first kappa shape index (κ1) is 24.1. The molecular formula is C24H27ClF2N2O3. The van der Waals surface area contributed by atoms with Crippen molar-refractivity contribution in [3.05, 3.63) is 70.2 Å². The maximum absolute atomic E-state index is 14.0. The van der Waals surface area contributed by atoms with Crippen molar-refractivity contribution in [1.29, 1.82) is 0 Å². The topological polar surface area (TPSA) is 67.4 Å². The zero-order valence-corrected chi connectivity index (χ0v) is 18.8. The summed E-state index contributed by atoms with van der Waals surface area (Å²) in [4.78, 5) is 25.6. The van der Waals surface area contributed by atoms with Crippen molar-refractivity contribution < 1.29 is 23.1 Å². The van der Waals surface area contributed by atoms with E-state index in [2.05, 4.69) is 10.6 Å². The van der Waals surface area contributed by atoms with Gasteiger partial charge in [-0.15, -0.1) is 0 Å². The summed E-state index contributed by atoms with van der Waals surface area (Å²) in [6.07, 6.45) is 1.40. The zero-order chi connectivity index (χ0) is 23.3. The van der Waals surface area contributed by atoms with Crippen LogP contribution in [-0.4, -0.2) is 37.6 Å². The van der Waals surface area contributed by atoms with Crippen molar-refractivity contribution in [3.63, 3.8) is 0 Å². The lowest BCUT2D eigenvalue weighted by atomic mass is 9.74. The van der Waals surface area contributed by atoms with Crippen LogP contribution in [-0.2, 0) is 14.9 Å². The fourth-order valence-corrected chi connectivity index (χ4v) is 4.17. The van der Waals surface area contributed by atoms with E-state index in [1.807, 2.05) is 18.2 Å². The Morgan fingerprint density at radius 3 is 2.31 bits per heavy atom. The van der Waals surface area contributed by atoms with Gasteiger partial charge in [-0.3, -0.25) is 9.59 Å². The van der Waals surface area contributed by atoms with E-state index in [4.69, 9.17) is 16.3 Å². The highest BCUT2D eigenvalue weighted by atomic mass is 35.5. The number of amides is 2. The summed E-state index contributed by atoms with van der Waals surface area (Å²) < 4.78 is 33.5.